The van der Waals surface area contributed by atoms with E-state index in [0.717, 1.165) is 23.8 Å². The van der Waals surface area contributed by atoms with Gasteiger partial charge >= 0.3 is 12.3 Å². The topological polar surface area (TPSA) is 131 Å². The molecule has 5 rings (SSSR count). The Morgan fingerprint density at radius 3 is 2.41 bits per heavy atom. The number of anilines is 1. The largest absolute Gasteiger partial charge is 0.573 e. The maximum Gasteiger partial charge on any atom is 0.573 e. The molecular weight excluding hydrogens is 691 g/mol. The van der Waals surface area contributed by atoms with Crippen molar-refractivity contribution >= 4 is 39.1 Å². The number of alkyl halides is 3. The number of carbonyl (C=O) groups is 2. The Bertz CT molecular complexity index is 1910. The summed E-state index contributed by atoms with van der Waals surface area (Å²) in [6.07, 6.45) is -5.24. The van der Waals surface area contributed by atoms with E-state index in [9.17, 15) is 31.5 Å². The molecule has 0 aromatic heterocycles. The van der Waals surface area contributed by atoms with Gasteiger partial charge < -0.3 is 24.6 Å². The molecule has 4 atom stereocenters. The summed E-state index contributed by atoms with van der Waals surface area (Å²) < 4.78 is 85.1. The number of likely N-dealkylation sites (tertiary alicyclic amines) is 1. The molecule has 0 bridgehead atoms. The molecule has 2 unspecified atom stereocenters. The van der Waals surface area contributed by atoms with Crippen LogP contribution >= 0.6 is 11.6 Å². The predicted molar refractivity (Wildman–Crippen MR) is 173 cm³/mol. The van der Waals surface area contributed by atoms with Crippen molar-refractivity contribution in [3.05, 3.63) is 76.3 Å². The first kappa shape index (κ1) is 36.2. The number of carbonyl (C=O) groups excluding carboxylic acids is 2. The molecule has 1 fully saturated rings. The first-order valence-electron chi connectivity index (χ1n) is 15.3. The number of hydrogen-bond donors (Lipinski definition) is 2. The third kappa shape index (κ3) is 5.85. The third-order valence-corrected chi connectivity index (χ3v) is 11.2. The molecular formula is C33H36ClF3N3O8S+. The molecule has 3 aromatic rings. The number of rotatable bonds is 10. The van der Waals surface area contributed by atoms with Crippen LogP contribution in [0.5, 0.6) is 17.2 Å². The Morgan fingerprint density at radius 2 is 1.80 bits per heavy atom. The Hall–Kier alpha value is -4.05. The number of methoxy groups -OCH3 is 2. The van der Waals surface area contributed by atoms with Crippen molar-refractivity contribution in [1.82, 2.24) is 5.32 Å². The standard InChI is InChI=1S/C33H35ClF3N3O8S/c1-6-7-19-8-12-27(47-5)24(14-19)32(40(3)18-21(41)16-26(40)30(42)38-2)23-15-20(34)9-11-25(23)39(31(32)43)49(44,45)29-13-10-22(46-4)17-28(29)48-33(35,36)37/h8-15,17,21,26,41H,6-7,16,18H2,1-5H3/p+1/t21-,26+,32?,40?/m1/s1. The fraction of sp³-hybridized carbons (Fsp3) is 0.394. The maximum atomic E-state index is 15.6. The molecule has 2 heterocycles. The van der Waals surface area contributed by atoms with Gasteiger partial charge in [0.25, 0.3) is 15.9 Å². The van der Waals surface area contributed by atoms with Crippen LogP contribution in [0, 0.1) is 0 Å². The van der Waals surface area contributed by atoms with Crippen LogP contribution in [-0.4, -0.2) is 83.2 Å². The molecule has 0 radical (unpaired) electrons. The number of aliphatic hydroxyl groups is 1. The van der Waals surface area contributed by atoms with E-state index in [-0.39, 0.29) is 46.3 Å². The number of benzene rings is 3. The second kappa shape index (κ2) is 13.0. The molecule has 2 aliphatic rings. The highest BCUT2D eigenvalue weighted by atomic mass is 35.5. The Kier molecular flexibility index (Phi) is 9.62. The summed E-state index contributed by atoms with van der Waals surface area (Å²) in [5.74, 6) is -2.76. The average molecular weight is 727 g/mol. The van der Waals surface area contributed by atoms with Gasteiger partial charge in [0, 0.05) is 24.6 Å². The van der Waals surface area contributed by atoms with Crippen LogP contribution in [0.2, 0.25) is 5.02 Å². The van der Waals surface area contributed by atoms with Gasteiger partial charge in [0.15, 0.2) is 11.8 Å². The molecule has 0 spiro atoms. The monoisotopic (exact) mass is 726 g/mol. The summed E-state index contributed by atoms with van der Waals surface area (Å²) >= 11 is 6.55. The second-order valence-corrected chi connectivity index (χ2v) is 14.3. The first-order chi connectivity index (χ1) is 23.0. The quantitative estimate of drug-likeness (QED) is 0.292. The molecule has 2 aliphatic heterocycles. The van der Waals surface area contributed by atoms with Gasteiger partial charge in [0.05, 0.1) is 38.1 Å². The summed E-state index contributed by atoms with van der Waals surface area (Å²) in [5.41, 5.74) is -1.39. The van der Waals surface area contributed by atoms with Crippen molar-refractivity contribution < 1.29 is 55.0 Å². The van der Waals surface area contributed by atoms with Crippen LogP contribution in [0.15, 0.2) is 59.5 Å². The first-order valence-corrected chi connectivity index (χ1v) is 17.1. The lowest BCUT2D eigenvalue weighted by atomic mass is 9.78. The molecule has 2 amide bonds. The number of halogens is 4. The average Bonchev–Trinajstić information content (AvgIpc) is 3.50. The number of quaternary nitrogens is 1. The number of fused-ring (bicyclic) bond motifs is 1. The number of hydrogen-bond acceptors (Lipinski definition) is 8. The van der Waals surface area contributed by atoms with E-state index in [4.69, 9.17) is 21.1 Å². The smallest absolute Gasteiger partial charge is 0.497 e. The van der Waals surface area contributed by atoms with Gasteiger partial charge in [-0.3, -0.25) is 14.1 Å². The molecule has 0 aliphatic carbocycles. The minimum atomic E-state index is -5.31. The lowest BCUT2D eigenvalue weighted by Gasteiger charge is -2.48. The van der Waals surface area contributed by atoms with Crippen molar-refractivity contribution in [2.75, 3.05) is 39.2 Å². The Morgan fingerprint density at radius 1 is 1.08 bits per heavy atom. The van der Waals surface area contributed by atoms with Crippen molar-refractivity contribution in [2.45, 2.75) is 55.1 Å². The van der Waals surface area contributed by atoms with Gasteiger partial charge in [0.2, 0.25) is 5.54 Å². The zero-order valence-corrected chi connectivity index (χ0v) is 28.9. The van der Waals surface area contributed by atoms with Gasteiger partial charge in [-0.05, 0) is 54.4 Å². The van der Waals surface area contributed by atoms with Crippen molar-refractivity contribution in [3.8, 4) is 17.2 Å². The van der Waals surface area contributed by atoms with Crippen LogP contribution in [0.4, 0.5) is 18.9 Å². The number of nitrogens with one attached hydrogen (secondary N) is 1. The lowest BCUT2D eigenvalue weighted by Crippen LogP contribution is -2.69. The summed E-state index contributed by atoms with van der Waals surface area (Å²) in [4.78, 5) is 28.2. The SMILES string of the molecule is CCCc1ccc(OC)c(C2([N+]3(C)C[C@H](O)C[C@H]3C(=O)NC)C(=O)N(S(=O)(=O)c3ccc(OC)cc3OC(F)(F)F)c3ccc(Cl)cc32)c1. The third-order valence-electron chi connectivity index (χ3n) is 9.24. The van der Waals surface area contributed by atoms with E-state index in [0.29, 0.717) is 17.1 Å². The zero-order valence-electron chi connectivity index (χ0n) is 27.3. The number of sulfonamides is 1. The fourth-order valence-electron chi connectivity index (χ4n) is 7.26. The minimum Gasteiger partial charge on any atom is -0.497 e. The number of nitrogens with zero attached hydrogens (tertiary/aromatic N) is 2. The van der Waals surface area contributed by atoms with Crippen LogP contribution in [-0.2, 0) is 31.6 Å². The Balaban J connectivity index is 1.92. The molecule has 49 heavy (non-hydrogen) atoms. The van der Waals surface area contributed by atoms with E-state index in [2.05, 4.69) is 10.1 Å². The van der Waals surface area contributed by atoms with Crippen LogP contribution in [0.25, 0.3) is 0 Å². The normalized spacial score (nSPS) is 23.7. The van der Waals surface area contributed by atoms with Gasteiger partial charge in [-0.15, -0.1) is 13.2 Å². The molecule has 2 N–H and O–H groups in total. The molecule has 16 heteroatoms. The minimum absolute atomic E-state index is 0.0397. The van der Waals surface area contributed by atoms with Gasteiger partial charge in [-0.25, -0.2) is 8.42 Å². The van der Waals surface area contributed by atoms with Crippen molar-refractivity contribution in [1.29, 1.82) is 0 Å². The van der Waals surface area contributed by atoms with E-state index in [1.54, 1.807) is 25.2 Å². The lowest BCUT2D eigenvalue weighted by molar-refractivity contribution is -0.953. The highest BCUT2D eigenvalue weighted by Gasteiger charge is 2.72. The Labute approximate surface area is 286 Å². The number of amides is 2. The molecule has 264 valence electrons. The van der Waals surface area contributed by atoms with Crippen molar-refractivity contribution in [3.63, 3.8) is 0 Å². The number of aryl methyl sites for hydroxylation is 1. The summed E-state index contributed by atoms with van der Waals surface area (Å²) in [5, 5.41) is 13.8. The molecule has 3 aromatic carbocycles. The summed E-state index contributed by atoms with van der Waals surface area (Å²) in [6.45, 7) is 1.75. The second-order valence-electron chi connectivity index (χ2n) is 12.1. The molecule has 0 saturated carbocycles. The van der Waals surface area contributed by atoms with Gasteiger partial charge in [-0.2, -0.15) is 4.31 Å². The number of aliphatic hydroxyl groups excluding tert-OH is 1. The predicted octanol–water partition coefficient (Wildman–Crippen LogP) is 4.51. The molecule has 1 saturated heterocycles. The zero-order chi connectivity index (χ0) is 36.1. The highest BCUT2D eigenvalue weighted by Crippen LogP contribution is 2.58. The highest BCUT2D eigenvalue weighted by molar-refractivity contribution is 7.93. The van der Waals surface area contributed by atoms with E-state index in [1.807, 2.05) is 6.92 Å². The molecule has 11 nitrogen and oxygen atoms in total. The van der Waals surface area contributed by atoms with Crippen LogP contribution < -0.4 is 23.8 Å². The van der Waals surface area contributed by atoms with E-state index < -0.39 is 61.0 Å². The van der Waals surface area contributed by atoms with Gasteiger partial charge in [0.1, 0.15) is 29.0 Å². The van der Waals surface area contributed by atoms with E-state index in [1.165, 1.54) is 39.5 Å². The number of likely N-dealkylation sites (N-methyl/N-ethyl adjacent to an activating group) is 2. The fourth-order valence-corrected chi connectivity index (χ4v) is 8.99. The number of ether oxygens (including phenoxy) is 3. The van der Waals surface area contributed by atoms with Gasteiger partial charge in [-0.1, -0.05) is 31.0 Å². The van der Waals surface area contributed by atoms with E-state index >= 15 is 4.79 Å². The van der Waals surface area contributed by atoms with Crippen molar-refractivity contribution in [2.24, 2.45) is 0 Å². The summed E-state index contributed by atoms with van der Waals surface area (Å²) in [7, 11) is 0.278. The maximum absolute atomic E-state index is 15.6. The summed E-state index contributed by atoms with van der Waals surface area (Å²) in [6, 6.07) is 10.7. The van der Waals surface area contributed by atoms with Crippen LogP contribution in [0.3, 0.4) is 0 Å². The van der Waals surface area contributed by atoms with Crippen LogP contribution in [0.1, 0.15) is 36.5 Å².